The fraction of sp³-hybridized carbons (Fsp3) is 0.263. The van der Waals surface area contributed by atoms with E-state index in [1.165, 1.54) is 5.56 Å². The van der Waals surface area contributed by atoms with E-state index in [9.17, 15) is 4.79 Å². The van der Waals surface area contributed by atoms with Gasteiger partial charge in [0.05, 0.1) is 10.2 Å². The van der Waals surface area contributed by atoms with Crippen molar-refractivity contribution in [1.82, 2.24) is 4.57 Å². The standard InChI is InChI=1S/C19H20N2O2S2/c1-14-8-9-16-17(12-14)25-19(21(16)10-11-24-2)20-18(22)13-23-15-6-4-3-5-7-15/h3-9,12H,10-11,13H2,1-2H3. The Morgan fingerprint density at radius 3 is 2.80 bits per heavy atom. The predicted molar refractivity (Wildman–Crippen MR) is 105 cm³/mol. The number of carbonyl (C=O) groups is 1. The molecule has 1 heterocycles. The second kappa shape index (κ2) is 8.36. The first kappa shape index (κ1) is 17.8. The van der Waals surface area contributed by atoms with Crippen molar-refractivity contribution in [2.75, 3.05) is 18.6 Å². The lowest BCUT2D eigenvalue weighted by molar-refractivity contribution is -0.120. The minimum absolute atomic E-state index is 0.0557. The number of nitrogens with zero attached hydrogens (tertiary/aromatic N) is 2. The largest absolute Gasteiger partial charge is 0.484 e. The van der Waals surface area contributed by atoms with Gasteiger partial charge in [-0.1, -0.05) is 35.6 Å². The van der Waals surface area contributed by atoms with E-state index in [0.717, 1.165) is 27.3 Å². The van der Waals surface area contributed by atoms with E-state index in [-0.39, 0.29) is 12.5 Å². The Bertz CT molecular complexity index is 929. The Morgan fingerprint density at radius 2 is 2.04 bits per heavy atom. The first-order valence-electron chi connectivity index (χ1n) is 8.02. The highest BCUT2D eigenvalue weighted by Gasteiger charge is 2.08. The summed E-state index contributed by atoms with van der Waals surface area (Å²) >= 11 is 3.33. The molecule has 0 spiro atoms. The van der Waals surface area contributed by atoms with Crippen LogP contribution >= 0.6 is 23.1 Å². The van der Waals surface area contributed by atoms with Crippen molar-refractivity contribution in [2.45, 2.75) is 13.5 Å². The van der Waals surface area contributed by atoms with Crippen LogP contribution in [0, 0.1) is 6.92 Å². The van der Waals surface area contributed by atoms with E-state index in [2.05, 4.69) is 40.9 Å². The highest BCUT2D eigenvalue weighted by Crippen LogP contribution is 2.19. The van der Waals surface area contributed by atoms with Gasteiger partial charge < -0.3 is 9.30 Å². The molecule has 0 saturated carbocycles. The molecular formula is C19H20N2O2S2. The maximum atomic E-state index is 12.3. The molecule has 25 heavy (non-hydrogen) atoms. The van der Waals surface area contributed by atoms with Crippen LogP contribution in [0.15, 0.2) is 53.5 Å². The Hall–Kier alpha value is -2.05. The number of hydrogen-bond acceptors (Lipinski definition) is 4. The van der Waals surface area contributed by atoms with E-state index in [1.54, 1.807) is 23.1 Å². The fourth-order valence-corrected chi connectivity index (χ4v) is 4.00. The fourth-order valence-electron chi connectivity index (χ4n) is 2.47. The molecule has 0 bridgehead atoms. The Balaban J connectivity index is 1.87. The van der Waals surface area contributed by atoms with Gasteiger partial charge >= 0.3 is 0 Å². The van der Waals surface area contributed by atoms with Gasteiger partial charge in [0.2, 0.25) is 0 Å². The zero-order valence-electron chi connectivity index (χ0n) is 14.3. The van der Waals surface area contributed by atoms with Crippen molar-refractivity contribution in [1.29, 1.82) is 0 Å². The first-order valence-corrected chi connectivity index (χ1v) is 10.2. The number of thioether (sulfide) groups is 1. The lowest BCUT2D eigenvalue weighted by Crippen LogP contribution is -2.20. The molecule has 6 heteroatoms. The van der Waals surface area contributed by atoms with Gasteiger partial charge in [-0.05, 0) is 43.0 Å². The second-order valence-corrected chi connectivity index (χ2v) is 7.60. The van der Waals surface area contributed by atoms with Gasteiger partial charge in [-0.3, -0.25) is 4.79 Å². The number of hydrogen-bond donors (Lipinski definition) is 0. The molecule has 0 aliphatic rings. The number of amides is 1. The quantitative estimate of drug-likeness (QED) is 0.659. The van der Waals surface area contributed by atoms with E-state index < -0.39 is 0 Å². The van der Waals surface area contributed by atoms with E-state index in [0.29, 0.717) is 5.75 Å². The minimum Gasteiger partial charge on any atom is -0.484 e. The van der Waals surface area contributed by atoms with Crippen LogP contribution in [0.4, 0.5) is 0 Å². The van der Waals surface area contributed by atoms with Gasteiger partial charge in [0.15, 0.2) is 11.4 Å². The maximum Gasteiger partial charge on any atom is 0.286 e. The molecule has 4 nitrogen and oxygen atoms in total. The number of fused-ring (bicyclic) bond motifs is 1. The molecule has 130 valence electrons. The number of benzene rings is 2. The predicted octanol–water partition coefficient (Wildman–Crippen LogP) is 3.88. The molecule has 0 radical (unpaired) electrons. The number of ether oxygens (including phenoxy) is 1. The van der Waals surface area contributed by atoms with Crippen LogP contribution in [0.25, 0.3) is 10.2 Å². The van der Waals surface area contributed by atoms with Crippen LogP contribution < -0.4 is 9.54 Å². The van der Waals surface area contributed by atoms with Gasteiger partial charge in [-0.15, -0.1) is 0 Å². The number of para-hydroxylation sites is 1. The van der Waals surface area contributed by atoms with Crippen molar-refractivity contribution in [3.8, 4) is 5.75 Å². The lowest BCUT2D eigenvalue weighted by Gasteiger charge is -2.04. The molecule has 1 amide bonds. The smallest absolute Gasteiger partial charge is 0.286 e. The molecule has 0 N–H and O–H groups in total. The molecule has 0 saturated heterocycles. The van der Waals surface area contributed by atoms with Gasteiger partial charge in [0.1, 0.15) is 5.75 Å². The summed E-state index contributed by atoms with van der Waals surface area (Å²) in [6, 6.07) is 15.7. The third-order valence-corrected chi connectivity index (χ3v) is 5.32. The van der Waals surface area contributed by atoms with Crippen molar-refractivity contribution in [2.24, 2.45) is 4.99 Å². The molecule has 3 aromatic rings. The summed E-state index contributed by atoms with van der Waals surface area (Å²) in [5.41, 5.74) is 2.33. The number of aryl methyl sites for hydroxylation is 2. The first-order chi connectivity index (χ1) is 12.2. The van der Waals surface area contributed by atoms with Crippen LogP contribution in [0.5, 0.6) is 5.75 Å². The molecule has 3 rings (SSSR count). The lowest BCUT2D eigenvalue weighted by atomic mass is 10.2. The van der Waals surface area contributed by atoms with Crippen LogP contribution in [0.3, 0.4) is 0 Å². The van der Waals surface area contributed by atoms with Crippen LogP contribution in [0.2, 0.25) is 0 Å². The zero-order valence-corrected chi connectivity index (χ0v) is 15.9. The van der Waals surface area contributed by atoms with Crippen molar-refractivity contribution in [3.05, 3.63) is 58.9 Å². The van der Waals surface area contributed by atoms with E-state index in [4.69, 9.17) is 4.74 Å². The average Bonchev–Trinajstić information content (AvgIpc) is 2.95. The molecular weight excluding hydrogens is 352 g/mol. The molecule has 0 fully saturated rings. The topological polar surface area (TPSA) is 43.6 Å². The van der Waals surface area contributed by atoms with Crippen molar-refractivity contribution >= 4 is 39.2 Å². The van der Waals surface area contributed by atoms with Crippen molar-refractivity contribution < 1.29 is 9.53 Å². The zero-order chi connectivity index (χ0) is 17.6. The van der Waals surface area contributed by atoms with E-state index >= 15 is 0 Å². The number of thiazole rings is 1. The third-order valence-electron chi connectivity index (χ3n) is 3.68. The third kappa shape index (κ3) is 4.52. The minimum atomic E-state index is -0.273. The Morgan fingerprint density at radius 1 is 1.24 bits per heavy atom. The van der Waals surface area contributed by atoms with Gasteiger partial charge in [0, 0.05) is 12.3 Å². The molecule has 0 aliphatic carbocycles. The molecule has 0 aliphatic heterocycles. The summed E-state index contributed by atoms with van der Waals surface area (Å²) < 4.78 is 8.77. The molecule has 1 aromatic heterocycles. The van der Waals surface area contributed by atoms with Gasteiger partial charge in [-0.2, -0.15) is 16.8 Å². The van der Waals surface area contributed by atoms with Crippen LogP contribution in [-0.4, -0.2) is 29.1 Å². The monoisotopic (exact) mass is 372 g/mol. The highest BCUT2D eigenvalue weighted by molar-refractivity contribution is 7.98. The molecule has 0 atom stereocenters. The second-order valence-electron chi connectivity index (χ2n) is 5.61. The SMILES string of the molecule is CSCCn1c(=NC(=O)COc2ccccc2)sc2cc(C)ccc21. The Kier molecular flexibility index (Phi) is 5.94. The summed E-state index contributed by atoms with van der Waals surface area (Å²) in [5, 5.41) is 0. The van der Waals surface area contributed by atoms with Crippen LogP contribution in [-0.2, 0) is 11.3 Å². The summed E-state index contributed by atoms with van der Waals surface area (Å²) in [6.45, 7) is 2.84. The van der Waals surface area contributed by atoms with Gasteiger partial charge in [0.25, 0.3) is 5.91 Å². The van der Waals surface area contributed by atoms with Crippen LogP contribution in [0.1, 0.15) is 5.56 Å². The normalized spacial score (nSPS) is 11.8. The van der Waals surface area contributed by atoms with Gasteiger partial charge in [-0.25, -0.2) is 0 Å². The summed E-state index contributed by atoms with van der Waals surface area (Å²) in [6.07, 6.45) is 2.08. The summed E-state index contributed by atoms with van der Waals surface area (Å²) in [4.78, 5) is 17.3. The number of aromatic nitrogens is 1. The molecule has 2 aromatic carbocycles. The van der Waals surface area contributed by atoms with Crippen molar-refractivity contribution in [3.63, 3.8) is 0 Å². The Labute approximate surface area is 155 Å². The maximum absolute atomic E-state index is 12.3. The number of carbonyl (C=O) groups excluding carboxylic acids is 1. The summed E-state index contributed by atoms with van der Waals surface area (Å²) in [7, 11) is 0. The highest BCUT2D eigenvalue weighted by atomic mass is 32.2. The average molecular weight is 373 g/mol. The number of rotatable bonds is 6. The molecule has 0 unspecified atom stereocenters. The van der Waals surface area contributed by atoms with E-state index in [1.807, 2.05) is 30.3 Å². The summed E-state index contributed by atoms with van der Waals surface area (Å²) in [5.74, 6) is 1.38.